The molecule has 0 atom stereocenters. The second-order valence-electron chi connectivity index (χ2n) is 3.06. The molecule has 0 amide bonds. The zero-order valence-electron chi connectivity index (χ0n) is 8.43. The van der Waals surface area contributed by atoms with Crippen LogP contribution < -0.4 is 10.5 Å². The number of ether oxygens (including phenoxy) is 1. The van der Waals surface area contributed by atoms with E-state index in [2.05, 4.69) is 9.72 Å². The summed E-state index contributed by atoms with van der Waals surface area (Å²) >= 11 is 0. The van der Waals surface area contributed by atoms with E-state index < -0.39 is 42.0 Å². The Morgan fingerprint density at radius 1 is 1.22 bits per heavy atom. The predicted octanol–water partition coefficient (Wildman–Crippen LogP) is 2.16. The third-order valence-corrected chi connectivity index (χ3v) is 1.74. The zero-order chi connectivity index (χ0) is 14.1. The smallest absolute Gasteiger partial charge is 0.503 e. The molecule has 0 aromatic carbocycles. The summed E-state index contributed by atoms with van der Waals surface area (Å²) < 4.78 is 76.1. The molecule has 1 rings (SSSR count). The Bertz CT molecular complexity index is 442. The molecule has 1 heterocycles. The average molecular weight is 276 g/mol. The zero-order valence-corrected chi connectivity index (χ0v) is 8.43. The second kappa shape index (κ2) is 4.52. The minimum Gasteiger partial charge on any atom is -0.503 e. The molecule has 0 radical (unpaired) electrons. The molecule has 1 aromatic heterocycles. The van der Waals surface area contributed by atoms with E-state index >= 15 is 0 Å². The van der Waals surface area contributed by atoms with Crippen molar-refractivity contribution in [1.29, 1.82) is 0 Å². The van der Waals surface area contributed by atoms with Gasteiger partial charge in [-0.05, 0) is 6.07 Å². The van der Waals surface area contributed by atoms with Crippen molar-refractivity contribution in [3.63, 3.8) is 0 Å². The van der Waals surface area contributed by atoms with Crippen LogP contribution in [0.1, 0.15) is 11.3 Å². The Morgan fingerprint density at radius 2 is 1.78 bits per heavy atom. The Balaban J connectivity index is 3.34. The van der Waals surface area contributed by atoms with Crippen molar-refractivity contribution in [1.82, 2.24) is 4.98 Å². The van der Waals surface area contributed by atoms with Gasteiger partial charge in [0.1, 0.15) is 5.56 Å². The van der Waals surface area contributed by atoms with Crippen LogP contribution >= 0.6 is 0 Å². The van der Waals surface area contributed by atoms with Gasteiger partial charge in [0.2, 0.25) is 0 Å². The highest BCUT2D eigenvalue weighted by molar-refractivity contribution is 5.43. The number of rotatable bonds is 2. The van der Waals surface area contributed by atoms with Crippen molar-refractivity contribution in [2.45, 2.75) is 19.1 Å². The molecule has 0 bridgehead atoms. The molecule has 0 fully saturated rings. The van der Waals surface area contributed by atoms with Gasteiger partial charge in [0, 0.05) is 6.54 Å². The highest BCUT2D eigenvalue weighted by Crippen LogP contribution is 2.41. The van der Waals surface area contributed by atoms with E-state index in [0.717, 1.165) is 0 Å². The molecule has 18 heavy (non-hydrogen) atoms. The van der Waals surface area contributed by atoms with Gasteiger partial charge >= 0.3 is 12.5 Å². The van der Waals surface area contributed by atoms with E-state index in [1.807, 2.05) is 0 Å². The Hall–Kier alpha value is -1.71. The molecule has 0 aliphatic rings. The molecule has 102 valence electrons. The number of pyridine rings is 1. The number of aromatic hydroxyl groups is 1. The van der Waals surface area contributed by atoms with Crippen LogP contribution in [0.15, 0.2) is 6.07 Å². The standard InChI is InChI=1S/C8H6F6N2O2/c9-7(10,11)4-1-3(2-15)16-6(5(4)17)18-8(12,13)14/h1,17H,2,15H2. The monoisotopic (exact) mass is 276 g/mol. The lowest BCUT2D eigenvalue weighted by Crippen LogP contribution is -2.20. The highest BCUT2D eigenvalue weighted by Gasteiger charge is 2.39. The van der Waals surface area contributed by atoms with Gasteiger partial charge in [-0.1, -0.05) is 0 Å². The number of aromatic nitrogens is 1. The third kappa shape index (κ3) is 3.39. The van der Waals surface area contributed by atoms with Gasteiger partial charge in [0.25, 0.3) is 5.88 Å². The first kappa shape index (κ1) is 14.4. The summed E-state index contributed by atoms with van der Waals surface area (Å²) in [6.45, 7) is -0.544. The van der Waals surface area contributed by atoms with Crippen LogP contribution in [0.2, 0.25) is 0 Å². The summed E-state index contributed by atoms with van der Waals surface area (Å²) in [5, 5.41) is 9.06. The normalized spacial score (nSPS) is 12.6. The van der Waals surface area contributed by atoms with Crippen molar-refractivity contribution in [3.05, 3.63) is 17.3 Å². The maximum atomic E-state index is 12.4. The quantitative estimate of drug-likeness (QED) is 0.812. The van der Waals surface area contributed by atoms with Crippen LogP contribution in [0, 0.1) is 0 Å². The van der Waals surface area contributed by atoms with Gasteiger partial charge in [-0.25, -0.2) is 4.98 Å². The van der Waals surface area contributed by atoms with Crippen LogP contribution in [0.25, 0.3) is 0 Å². The molecule has 0 saturated heterocycles. The van der Waals surface area contributed by atoms with Gasteiger partial charge in [0.15, 0.2) is 5.75 Å². The van der Waals surface area contributed by atoms with Crippen molar-refractivity contribution in [2.24, 2.45) is 5.73 Å². The van der Waals surface area contributed by atoms with E-state index in [-0.39, 0.29) is 0 Å². The fraction of sp³-hybridized carbons (Fsp3) is 0.375. The second-order valence-corrected chi connectivity index (χ2v) is 3.06. The number of nitrogens with two attached hydrogens (primary N) is 1. The first-order valence-electron chi connectivity index (χ1n) is 4.30. The maximum absolute atomic E-state index is 12.4. The van der Waals surface area contributed by atoms with Gasteiger partial charge in [0.05, 0.1) is 5.69 Å². The molecular weight excluding hydrogens is 270 g/mol. The van der Waals surface area contributed by atoms with E-state index in [4.69, 9.17) is 10.8 Å². The van der Waals surface area contributed by atoms with Crippen molar-refractivity contribution in [3.8, 4) is 11.6 Å². The van der Waals surface area contributed by atoms with Crippen LogP contribution in [0.3, 0.4) is 0 Å². The Kier molecular flexibility index (Phi) is 3.60. The number of nitrogens with zero attached hydrogens (tertiary/aromatic N) is 1. The van der Waals surface area contributed by atoms with Gasteiger partial charge in [-0.15, -0.1) is 13.2 Å². The topological polar surface area (TPSA) is 68.4 Å². The average Bonchev–Trinajstić information content (AvgIpc) is 2.17. The summed E-state index contributed by atoms with van der Waals surface area (Å²) in [5.41, 5.74) is 2.80. The molecular formula is C8H6F6N2O2. The lowest BCUT2D eigenvalue weighted by Gasteiger charge is -2.15. The number of hydrogen-bond acceptors (Lipinski definition) is 4. The largest absolute Gasteiger partial charge is 0.574 e. The summed E-state index contributed by atoms with van der Waals surface area (Å²) in [6.07, 6.45) is -10.3. The molecule has 3 N–H and O–H groups in total. The fourth-order valence-corrected chi connectivity index (χ4v) is 1.07. The molecule has 0 spiro atoms. The predicted molar refractivity (Wildman–Crippen MR) is 45.5 cm³/mol. The summed E-state index contributed by atoms with van der Waals surface area (Å²) in [7, 11) is 0. The van der Waals surface area contributed by atoms with Crippen LogP contribution in [-0.2, 0) is 12.7 Å². The molecule has 0 saturated carbocycles. The third-order valence-electron chi connectivity index (χ3n) is 1.74. The lowest BCUT2D eigenvalue weighted by atomic mass is 10.2. The number of halogens is 6. The van der Waals surface area contributed by atoms with Crippen LogP contribution in [-0.4, -0.2) is 16.5 Å². The Labute approximate surface area is 96.0 Å². The lowest BCUT2D eigenvalue weighted by molar-refractivity contribution is -0.276. The van der Waals surface area contributed by atoms with E-state index in [0.29, 0.717) is 6.07 Å². The number of hydrogen-bond donors (Lipinski definition) is 2. The minimum atomic E-state index is -5.28. The summed E-state index contributed by atoms with van der Waals surface area (Å²) in [4.78, 5) is 3.03. The highest BCUT2D eigenvalue weighted by atomic mass is 19.4. The molecule has 0 unspecified atom stereocenters. The van der Waals surface area contributed by atoms with Crippen LogP contribution in [0.5, 0.6) is 11.6 Å². The van der Waals surface area contributed by atoms with E-state index in [9.17, 15) is 26.3 Å². The van der Waals surface area contributed by atoms with Gasteiger partial charge in [-0.3, -0.25) is 0 Å². The first-order valence-corrected chi connectivity index (χ1v) is 4.30. The molecule has 4 nitrogen and oxygen atoms in total. The molecule has 1 aromatic rings. The van der Waals surface area contributed by atoms with Crippen LogP contribution in [0.4, 0.5) is 26.3 Å². The van der Waals surface area contributed by atoms with Crippen molar-refractivity contribution < 1.29 is 36.2 Å². The van der Waals surface area contributed by atoms with Crippen molar-refractivity contribution >= 4 is 0 Å². The summed E-state index contributed by atoms with van der Waals surface area (Å²) in [5.74, 6) is -3.32. The summed E-state index contributed by atoms with van der Waals surface area (Å²) in [6, 6.07) is 0.346. The van der Waals surface area contributed by atoms with Crippen molar-refractivity contribution in [2.75, 3.05) is 0 Å². The molecule has 0 aliphatic heterocycles. The van der Waals surface area contributed by atoms with E-state index in [1.54, 1.807) is 0 Å². The maximum Gasteiger partial charge on any atom is 0.574 e. The van der Waals surface area contributed by atoms with Gasteiger partial charge in [-0.2, -0.15) is 13.2 Å². The van der Waals surface area contributed by atoms with E-state index in [1.165, 1.54) is 0 Å². The number of alkyl halides is 6. The first-order chi connectivity index (χ1) is 8.04. The van der Waals surface area contributed by atoms with Gasteiger partial charge < -0.3 is 15.6 Å². The Morgan fingerprint density at radius 3 is 2.17 bits per heavy atom. The fourth-order valence-electron chi connectivity index (χ4n) is 1.07. The molecule has 10 heteroatoms. The SMILES string of the molecule is NCc1cc(C(F)(F)F)c(O)c(OC(F)(F)F)n1. The molecule has 0 aliphatic carbocycles. The minimum absolute atomic E-state index is 0.346.